The molecular formula is C39H71N17O8. The third-order valence-electron chi connectivity index (χ3n) is 11.2. The van der Waals surface area contributed by atoms with Crippen LogP contribution in [0.1, 0.15) is 98.3 Å². The molecule has 0 aliphatic carbocycles. The molecule has 0 saturated carbocycles. The first-order chi connectivity index (χ1) is 30.2. The molecule has 25 nitrogen and oxygen atoms in total. The van der Waals surface area contributed by atoms with E-state index in [2.05, 4.69) is 46.9 Å². The summed E-state index contributed by atoms with van der Waals surface area (Å²) in [4.78, 5) is 125. The summed E-state index contributed by atoms with van der Waals surface area (Å²) in [6, 6.07) is -9.08. The largest absolute Gasteiger partial charge is 0.370 e. The molecule has 9 atom stereocenters. The number of amides is 8. The van der Waals surface area contributed by atoms with Crippen molar-refractivity contribution in [3.63, 3.8) is 0 Å². The van der Waals surface area contributed by atoms with Crippen LogP contribution in [0.5, 0.6) is 0 Å². The molecule has 2 fully saturated rings. The molecule has 20 N–H and O–H groups in total. The number of hydrogen-bond donors (Lipinski definition) is 13. The molecule has 2 aliphatic rings. The van der Waals surface area contributed by atoms with E-state index in [-0.39, 0.29) is 89.0 Å². The van der Waals surface area contributed by atoms with Crippen LogP contribution in [-0.2, 0) is 38.4 Å². The second-order valence-electron chi connectivity index (χ2n) is 16.2. The van der Waals surface area contributed by atoms with E-state index < -0.39 is 108 Å². The van der Waals surface area contributed by atoms with Gasteiger partial charge in [-0.25, -0.2) is 0 Å². The Labute approximate surface area is 373 Å². The van der Waals surface area contributed by atoms with Gasteiger partial charge in [-0.3, -0.25) is 53.3 Å². The molecule has 0 aromatic carbocycles. The monoisotopic (exact) mass is 906 g/mol. The highest BCUT2D eigenvalue weighted by atomic mass is 16.2. The fourth-order valence-electron chi connectivity index (χ4n) is 7.19. The fraction of sp³-hybridized carbons (Fsp3) is 0.718. The molecule has 0 radical (unpaired) electrons. The van der Waals surface area contributed by atoms with Crippen LogP contribution in [0, 0.1) is 11.8 Å². The molecule has 360 valence electrons. The van der Waals surface area contributed by atoms with Crippen molar-refractivity contribution in [2.24, 2.45) is 66.9 Å². The minimum absolute atomic E-state index is 0.0163. The Bertz CT molecular complexity index is 1730. The van der Waals surface area contributed by atoms with Crippen molar-refractivity contribution in [2.75, 3.05) is 26.2 Å². The number of primary amides is 1. The second-order valence-corrected chi connectivity index (χ2v) is 16.2. The zero-order valence-corrected chi connectivity index (χ0v) is 37.4. The van der Waals surface area contributed by atoms with Crippen molar-refractivity contribution < 1.29 is 38.4 Å². The number of hydrogen-bond acceptors (Lipinski definition) is 11. The van der Waals surface area contributed by atoms with E-state index in [1.165, 1.54) is 4.90 Å². The van der Waals surface area contributed by atoms with Crippen molar-refractivity contribution >= 4 is 65.1 Å². The Balaban J connectivity index is 2.79. The van der Waals surface area contributed by atoms with Crippen LogP contribution in [0.4, 0.5) is 0 Å². The first-order valence-electron chi connectivity index (χ1n) is 21.8. The topological polar surface area (TPSA) is 431 Å². The first-order valence-corrected chi connectivity index (χ1v) is 21.8. The summed E-state index contributed by atoms with van der Waals surface area (Å²) in [6.07, 6.45) is 1.28. The summed E-state index contributed by atoms with van der Waals surface area (Å²) >= 11 is 0. The van der Waals surface area contributed by atoms with Crippen LogP contribution in [0.2, 0.25) is 0 Å². The molecule has 0 aromatic heterocycles. The van der Waals surface area contributed by atoms with Crippen molar-refractivity contribution in [1.82, 2.24) is 36.8 Å². The van der Waals surface area contributed by atoms with Crippen LogP contribution in [-0.4, -0.2) is 139 Å². The number of carbonyl (C=O) groups is 8. The fourth-order valence-corrected chi connectivity index (χ4v) is 7.19. The number of guanidine groups is 3. The predicted octanol–water partition coefficient (Wildman–Crippen LogP) is -4.97. The maximum absolute atomic E-state index is 14.4. The lowest BCUT2D eigenvalue weighted by Gasteiger charge is -2.32. The lowest BCUT2D eigenvalue weighted by atomic mass is 9.96. The van der Waals surface area contributed by atoms with Crippen molar-refractivity contribution in [3.8, 4) is 0 Å². The quantitative estimate of drug-likeness (QED) is 0.0348. The molecule has 0 spiro atoms. The first kappa shape index (κ1) is 53.7. The maximum Gasteiger partial charge on any atom is 0.245 e. The van der Waals surface area contributed by atoms with E-state index in [4.69, 9.17) is 40.1 Å². The third kappa shape index (κ3) is 17.7. The summed E-state index contributed by atoms with van der Waals surface area (Å²) in [5.74, 6) is -8.00. The Morgan fingerprint density at radius 1 is 0.562 bits per heavy atom. The molecule has 0 aromatic rings. The van der Waals surface area contributed by atoms with Crippen LogP contribution >= 0.6 is 0 Å². The number of fused-ring (bicyclic) bond motifs is 1. The van der Waals surface area contributed by atoms with Gasteiger partial charge in [0.2, 0.25) is 47.3 Å². The SMILES string of the molecule is CC[C@H](C)[C@@H]1NC(=O)[C@H](CCCN=C(N)N)NC(=O)[C@@H]2CCCN2C(=O)[C@H](CCCN=C(N)N)NC(=O)[C@H]([C@@H](C)CC)NC(=O)[C@H](CC(N)=O)NC(=O)[C@H](CCCN=C(N)N)NC1=O. The number of nitrogens with one attached hydrogen (secondary N) is 6. The summed E-state index contributed by atoms with van der Waals surface area (Å²) < 4.78 is 0. The summed E-state index contributed by atoms with van der Waals surface area (Å²) in [7, 11) is 0. The van der Waals surface area contributed by atoms with Gasteiger partial charge in [0.15, 0.2) is 17.9 Å². The van der Waals surface area contributed by atoms with E-state index in [9.17, 15) is 38.4 Å². The standard InChI is InChI=1S/C39H71N17O8/c1-5-20(3)28-34(62)51-22(11-7-15-47-37(41)42)30(58)53-25(19-27(40)57)32(60)55-29(21(4)6-2)35(63)52-24(13-9-17-49-39(45)46)36(64)56-18-10-14-26(56)33(61)50-23(31(59)54-28)12-8-16-48-38(43)44/h20-26,28-29H,5-19H2,1-4H3,(H2,40,57)(H,50,61)(H,51,62)(H,52,63)(H,53,58)(H,54,59)(H,55,60)(H4,41,42,47)(H4,43,44,48)(H4,45,46,49)/t20-,21-,22-,23-,24-,25-,26-,28-,29-/m0/s1. The van der Waals surface area contributed by atoms with Crippen molar-refractivity contribution in [3.05, 3.63) is 0 Å². The van der Waals surface area contributed by atoms with Gasteiger partial charge in [-0.05, 0) is 63.2 Å². The van der Waals surface area contributed by atoms with Gasteiger partial charge in [0.1, 0.15) is 42.3 Å². The molecule has 25 heteroatoms. The Hall–Kier alpha value is -6.43. The number of rotatable bonds is 18. The summed E-state index contributed by atoms with van der Waals surface area (Å²) in [5.41, 5.74) is 38.5. The highest BCUT2D eigenvalue weighted by Gasteiger charge is 2.41. The molecule has 64 heavy (non-hydrogen) atoms. The second kappa shape index (κ2) is 26.9. The minimum Gasteiger partial charge on any atom is -0.370 e. The average Bonchev–Trinajstić information content (AvgIpc) is 3.73. The Kier molecular flexibility index (Phi) is 22.6. The van der Waals surface area contributed by atoms with Gasteiger partial charge >= 0.3 is 0 Å². The zero-order valence-electron chi connectivity index (χ0n) is 37.4. The molecule has 2 heterocycles. The van der Waals surface area contributed by atoms with Crippen LogP contribution < -0.4 is 72.0 Å². The van der Waals surface area contributed by atoms with Crippen LogP contribution in [0.15, 0.2) is 15.0 Å². The molecule has 2 saturated heterocycles. The lowest BCUT2D eigenvalue weighted by Crippen LogP contribution is -2.61. The van der Waals surface area contributed by atoms with Crippen molar-refractivity contribution in [1.29, 1.82) is 0 Å². The van der Waals surface area contributed by atoms with Gasteiger partial charge in [-0.1, -0.05) is 40.5 Å². The Morgan fingerprint density at radius 3 is 1.36 bits per heavy atom. The highest BCUT2D eigenvalue weighted by molar-refractivity contribution is 5.99. The van der Waals surface area contributed by atoms with Gasteiger partial charge in [0.25, 0.3) is 0 Å². The minimum atomic E-state index is -1.63. The number of nitrogens with two attached hydrogens (primary N) is 7. The number of aliphatic imine (C=N–C) groups is 3. The molecular weight excluding hydrogens is 835 g/mol. The molecule has 0 bridgehead atoms. The maximum atomic E-state index is 14.4. The molecule has 0 unspecified atom stereocenters. The Morgan fingerprint density at radius 2 is 0.938 bits per heavy atom. The van der Waals surface area contributed by atoms with E-state index >= 15 is 0 Å². The molecule has 2 aliphatic heterocycles. The highest BCUT2D eigenvalue weighted by Crippen LogP contribution is 2.21. The normalized spacial score (nSPS) is 25.0. The van der Waals surface area contributed by atoms with Gasteiger partial charge in [0.05, 0.1) is 6.42 Å². The number of carbonyl (C=O) groups excluding carboxylic acids is 8. The molecule has 8 amide bonds. The third-order valence-corrected chi connectivity index (χ3v) is 11.2. The summed E-state index contributed by atoms with van der Waals surface area (Å²) in [6.45, 7) is 7.36. The van der Waals surface area contributed by atoms with E-state index in [0.717, 1.165) is 0 Å². The van der Waals surface area contributed by atoms with Crippen LogP contribution in [0.3, 0.4) is 0 Å². The number of nitrogens with zero attached hydrogens (tertiary/aromatic N) is 4. The summed E-state index contributed by atoms with van der Waals surface area (Å²) in [5, 5.41) is 16.1. The van der Waals surface area contributed by atoms with Crippen molar-refractivity contribution in [2.45, 2.75) is 141 Å². The average molecular weight is 906 g/mol. The smallest absolute Gasteiger partial charge is 0.245 e. The van der Waals surface area contributed by atoms with Gasteiger partial charge in [-0.2, -0.15) is 0 Å². The predicted molar refractivity (Wildman–Crippen MR) is 239 cm³/mol. The van der Waals surface area contributed by atoms with E-state index in [1.807, 2.05) is 0 Å². The van der Waals surface area contributed by atoms with Gasteiger partial charge < -0.3 is 76.9 Å². The molecule has 2 rings (SSSR count). The van der Waals surface area contributed by atoms with E-state index in [1.54, 1.807) is 27.7 Å². The van der Waals surface area contributed by atoms with Gasteiger partial charge in [0, 0.05) is 26.2 Å². The van der Waals surface area contributed by atoms with E-state index in [0.29, 0.717) is 19.3 Å². The van der Waals surface area contributed by atoms with Gasteiger partial charge in [-0.15, -0.1) is 0 Å². The lowest BCUT2D eigenvalue weighted by molar-refractivity contribution is -0.143. The zero-order chi connectivity index (χ0) is 48.1. The van der Waals surface area contributed by atoms with Crippen LogP contribution in [0.25, 0.3) is 0 Å².